The van der Waals surface area contributed by atoms with Crippen LogP contribution in [0.15, 0.2) is 48.5 Å². The Morgan fingerprint density at radius 1 is 1.10 bits per heavy atom. The number of rotatable bonds is 5. The van der Waals surface area contributed by atoms with Gasteiger partial charge in [-0.25, -0.2) is 0 Å². The van der Waals surface area contributed by atoms with Gasteiger partial charge in [-0.1, -0.05) is 48.9 Å². The van der Waals surface area contributed by atoms with E-state index in [9.17, 15) is 4.79 Å². The molecule has 0 spiro atoms. The number of hydrogen-bond donors (Lipinski definition) is 2. The fourth-order valence-electron chi connectivity index (χ4n) is 1.89. The molecule has 0 aromatic heterocycles. The normalized spacial score (nSPS) is 10.3. The largest absolute Gasteiger partial charge is 0.322 e. The number of carbonyl (C=O) groups is 1. The van der Waals surface area contributed by atoms with Crippen LogP contribution in [0.3, 0.4) is 0 Å². The molecule has 0 bridgehead atoms. The van der Waals surface area contributed by atoms with Gasteiger partial charge in [-0.05, 0) is 30.3 Å². The molecule has 2 N–H and O–H groups in total. The Morgan fingerprint density at radius 2 is 1.80 bits per heavy atom. The van der Waals surface area contributed by atoms with Crippen molar-refractivity contribution >= 4 is 23.2 Å². The van der Waals surface area contributed by atoms with Crippen molar-refractivity contribution in [2.24, 2.45) is 0 Å². The topological polar surface area (TPSA) is 41.1 Å². The number of para-hydroxylation sites is 1. The molecule has 2 aromatic carbocycles. The van der Waals surface area contributed by atoms with Crippen molar-refractivity contribution in [3.63, 3.8) is 0 Å². The van der Waals surface area contributed by atoms with Gasteiger partial charge in [0.05, 0.1) is 10.6 Å². The van der Waals surface area contributed by atoms with Crippen molar-refractivity contribution in [3.8, 4) is 0 Å². The first-order chi connectivity index (χ1) is 9.72. The fourth-order valence-corrected chi connectivity index (χ4v) is 2.11. The Balaban J connectivity index is 2.18. The number of halogens is 1. The van der Waals surface area contributed by atoms with Crippen LogP contribution in [0.25, 0.3) is 0 Å². The van der Waals surface area contributed by atoms with Crippen molar-refractivity contribution in [2.75, 3.05) is 11.9 Å². The predicted octanol–water partition coefficient (Wildman–Crippen LogP) is 3.70. The van der Waals surface area contributed by atoms with Gasteiger partial charge in [-0.3, -0.25) is 4.79 Å². The summed E-state index contributed by atoms with van der Waals surface area (Å²) in [7, 11) is 0. The number of anilines is 1. The van der Waals surface area contributed by atoms with E-state index >= 15 is 0 Å². The zero-order valence-electron chi connectivity index (χ0n) is 11.3. The first kappa shape index (κ1) is 14.6. The third kappa shape index (κ3) is 3.59. The number of hydrogen-bond acceptors (Lipinski definition) is 2. The number of amides is 1. The Bertz CT molecular complexity index is 599. The molecular formula is C16H17ClN2O. The summed E-state index contributed by atoms with van der Waals surface area (Å²) in [6.45, 7) is 3.65. The summed E-state index contributed by atoms with van der Waals surface area (Å²) in [6, 6.07) is 14.8. The zero-order chi connectivity index (χ0) is 14.4. The lowest BCUT2D eigenvalue weighted by atomic mass is 10.1. The molecule has 2 aromatic rings. The highest BCUT2D eigenvalue weighted by Gasteiger charge is 2.11. The van der Waals surface area contributed by atoms with Gasteiger partial charge < -0.3 is 10.6 Å². The molecule has 0 saturated heterocycles. The zero-order valence-corrected chi connectivity index (χ0v) is 12.1. The Hall–Kier alpha value is -1.84. The third-order valence-corrected chi connectivity index (χ3v) is 3.28. The Morgan fingerprint density at radius 3 is 2.55 bits per heavy atom. The molecule has 4 heteroatoms. The summed E-state index contributed by atoms with van der Waals surface area (Å²) in [5.41, 5.74) is 2.33. The number of carbonyl (C=O) groups excluding carboxylic acids is 1. The molecular weight excluding hydrogens is 272 g/mol. The van der Waals surface area contributed by atoms with Crippen LogP contribution in [0.2, 0.25) is 5.02 Å². The van der Waals surface area contributed by atoms with Gasteiger partial charge in [0.1, 0.15) is 0 Å². The summed E-state index contributed by atoms with van der Waals surface area (Å²) >= 11 is 6.04. The van der Waals surface area contributed by atoms with Crippen LogP contribution < -0.4 is 10.6 Å². The molecule has 0 aliphatic carbocycles. The van der Waals surface area contributed by atoms with Crippen molar-refractivity contribution in [1.82, 2.24) is 5.32 Å². The minimum absolute atomic E-state index is 0.195. The van der Waals surface area contributed by atoms with Crippen LogP contribution in [0.4, 0.5) is 5.69 Å². The lowest BCUT2D eigenvalue weighted by Gasteiger charge is -2.12. The third-order valence-electron chi connectivity index (χ3n) is 2.95. The van der Waals surface area contributed by atoms with Gasteiger partial charge in [0.25, 0.3) is 5.91 Å². The Kier molecular flexibility index (Phi) is 5.16. The fraction of sp³-hybridized carbons (Fsp3) is 0.188. The molecule has 0 saturated carbocycles. The highest BCUT2D eigenvalue weighted by atomic mass is 35.5. The van der Waals surface area contributed by atoms with E-state index in [1.54, 1.807) is 24.3 Å². The summed E-state index contributed by atoms with van der Waals surface area (Å²) in [5.74, 6) is -0.195. The van der Waals surface area contributed by atoms with E-state index in [2.05, 4.69) is 10.6 Å². The SMILES string of the molecule is CCNCc1ccccc1NC(=O)c1ccccc1Cl. The smallest absolute Gasteiger partial charge is 0.257 e. The molecule has 1 amide bonds. The maximum atomic E-state index is 12.2. The quantitative estimate of drug-likeness (QED) is 0.881. The van der Waals surface area contributed by atoms with Crippen LogP contribution in [0.5, 0.6) is 0 Å². The van der Waals surface area contributed by atoms with Crippen molar-refractivity contribution < 1.29 is 4.79 Å². The Labute approximate surface area is 124 Å². The molecule has 0 radical (unpaired) electrons. The lowest BCUT2D eigenvalue weighted by Crippen LogP contribution is -2.17. The number of benzene rings is 2. The monoisotopic (exact) mass is 288 g/mol. The average Bonchev–Trinajstić information content (AvgIpc) is 2.46. The van der Waals surface area contributed by atoms with E-state index in [0.717, 1.165) is 24.3 Å². The standard InChI is InChI=1S/C16H17ClN2O/c1-2-18-11-12-7-3-6-10-15(12)19-16(20)13-8-4-5-9-14(13)17/h3-10,18H,2,11H2,1H3,(H,19,20). The molecule has 20 heavy (non-hydrogen) atoms. The second kappa shape index (κ2) is 7.08. The van der Waals surface area contributed by atoms with Crippen LogP contribution in [0.1, 0.15) is 22.8 Å². The molecule has 104 valence electrons. The minimum atomic E-state index is -0.195. The van der Waals surface area contributed by atoms with E-state index in [-0.39, 0.29) is 5.91 Å². The van der Waals surface area contributed by atoms with Crippen LogP contribution >= 0.6 is 11.6 Å². The van der Waals surface area contributed by atoms with E-state index in [1.165, 1.54) is 0 Å². The predicted molar refractivity (Wildman–Crippen MR) is 83.2 cm³/mol. The molecule has 2 rings (SSSR count). The van der Waals surface area contributed by atoms with Gasteiger partial charge >= 0.3 is 0 Å². The second-order valence-corrected chi connectivity index (χ2v) is 4.78. The highest BCUT2D eigenvalue weighted by Crippen LogP contribution is 2.19. The maximum Gasteiger partial charge on any atom is 0.257 e. The van der Waals surface area contributed by atoms with E-state index in [4.69, 9.17) is 11.6 Å². The van der Waals surface area contributed by atoms with E-state index in [1.807, 2.05) is 31.2 Å². The second-order valence-electron chi connectivity index (χ2n) is 4.37. The van der Waals surface area contributed by atoms with E-state index < -0.39 is 0 Å². The maximum absolute atomic E-state index is 12.2. The van der Waals surface area contributed by atoms with Crippen molar-refractivity contribution in [2.45, 2.75) is 13.5 Å². The van der Waals surface area contributed by atoms with Crippen LogP contribution in [0, 0.1) is 0 Å². The van der Waals surface area contributed by atoms with Crippen molar-refractivity contribution in [1.29, 1.82) is 0 Å². The van der Waals surface area contributed by atoms with Crippen LogP contribution in [-0.4, -0.2) is 12.5 Å². The van der Waals surface area contributed by atoms with Gasteiger partial charge in [0.15, 0.2) is 0 Å². The molecule has 0 fully saturated rings. The van der Waals surface area contributed by atoms with Crippen LogP contribution in [-0.2, 0) is 6.54 Å². The summed E-state index contributed by atoms with van der Waals surface area (Å²) in [6.07, 6.45) is 0. The van der Waals surface area contributed by atoms with Gasteiger partial charge in [0.2, 0.25) is 0 Å². The molecule has 0 heterocycles. The lowest BCUT2D eigenvalue weighted by molar-refractivity contribution is 0.102. The van der Waals surface area contributed by atoms with Gasteiger partial charge in [-0.2, -0.15) is 0 Å². The molecule has 0 aliphatic heterocycles. The first-order valence-electron chi connectivity index (χ1n) is 6.57. The van der Waals surface area contributed by atoms with Gasteiger partial charge in [-0.15, -0.1) is 0 Å². The minimum Gasteiger partial charge on any atom is -0.322 e. The van der Waals surface area contributed by atoms with Crippen molar-refractivity contribution in [3.05, 3.63) is 64.7 Å². The summed E-state index contributed by atoms with van der Waals surface area (Å²) < 4.78 is 0. The summed E-state index contributed by atoms with van der Waals surface area (Å²) in [5, 5.41) is 6.62. The van der Waals surface area contributed by atoms with Gasteiger partial charge in [0, 0.05) is 12.2 Å². The summed E-state index contributed by atoms with van der Waals surface area (Å²) in [4.78, 5) is 12.2. The molecule has 3 nitrogen and oxygen atoms in total. The average molecular weight is 289 g/mol. The molecule has 0 aliphatic rings. The highest BCUT2D eigenvalue weighted by molar-refractivity contribution is 6.34. The molecule has 0 unspecified atom stereocenters. The molecule has 0 atom stereocenters. The van der Waals surface area contributed by atoms with E-state index in [0.29, 0.717) is 10.6 Å². The number of nitrogens with one attached hydrogen (secondary N) is 2. The first-order valence-corrected chi connectivity index (χ1v) is 6.94.